The second kappa shape index (κ2) is 5.91. The van der Waals surface area contributed by atoms with Gasteiger partial charge in [0.2, 0.25) is 5.88 Å². The van der Waals surface area contributed by atoms with Crippen molar-refractivity contribution in [2.75, 3.05) is 11.9 Å². The van der Waals surface area contributed by atoms with Crippen LogP contribution in [0.5, 0.6) is 11.6 Å². The molecular weight excluding hydrogens is 228 g/mol. The van der Waals surface area contributed by atoms with E-state index in [0.29, 0.717) is 19.0 Å². The lowest BCUT2D eigenvalue weighted by Crippen LogP contribution is -2.03. The fraction of sp³-hybridized carbons (Fsp3) is 0.214. The molecule has 0 saturated heterocycles. The first kappa shape index (κ1) is 12.2. The highest BCUT2D eigenvalue weighted by Gasteiger charge is 2.03. The third-order valence-electron chi connectivity index (χ3n) is 2.47. The predicted octanol–water partition coefficient (Wildman–Crippen LogP) is 2.80. The van der Waals surface area contributed by atoms with Crippen molar-refractivity contribution in [3.63, 3.8) is 0 Å². The molecule has 0 saturated carbocycles. The largest absolute Gasteiger partial charge is 0.508 e. The van der Waals surface area contributed by atoms with Crippen molar-refractivity contribution in [2.24, 2.45) is 0 Å². The smallest absolute Gasteiger partial charge is 0.237 e. The molecule has 0 aliphatic rings. The van der Waals surface area contributed by atoms with Crippen LogP contribution in [-0.2, 0) is 6.54 Å². The molecule has 4 heteroatoms. The number of benzene rings is 1. The number of nitrogens with one attached hydrogen (secondary N) is 1. The van der Waals surface area contributed by atoms with Crippen LogP contribution in [0.15, 0.2) is 42.6 Å². The van der Waals surface area contributed by atoms with Gasteiger partial charge in [0.05, 0.1) is 12.3 Å². The number of rotatable bonds is 5. The first-order valence-corrected chi connectivity index (χ1v) is 5.89. The molecule has 0 spiro atoms. The van der Waals surface area contributed by atoms with Crippen LogP contribution in [0.2, 0.25) is 0 Å². The molecule has 0 unspecified atom stereocenters. The minimum absolute atomic E-state index is 0.273. The summed E-state index contributed by atoms with van der Waals surface area (Å²) in [6, 6.07) is 10.9. The molecule has 2 N–H and O–H groups in total. The zero-order valence-electron chi connectivity index (χ0n) is 10.3. The molecule has 4 nitrogen and oxygen atoms in total. The zero-order chi connectivity index (χ0) is 12.8. The maximum absolute atomic E-state index is 9.21. The summed E-state index contributed by atoms with van der Waals surface area (Å²) < 4.78 is 5.43. The molecule has 0 aliphatic heterocycles. The van der Waals surface area contributed by atoms with E-state index in [1.165, 1.54) is 0 Å². The third-order valence-corrected chi connectivity index (χ3v) is 2.47. The molecule has 0 amide bonds. The average Bonchev–Trinajstić information content (AvgIpc) is 2.40. The Morgan fingerprint density at radius 3 is 2.72 bits per heavy atom. The third kappa shape index (κ3) is 3.13. The van der Waals surface area contributed by atoms with Crippen LogP contribution >= 0.6 is 0 Å². The fourth-order valence-electron chi connectivity index (χ4n) is 1.59. The molecule has 0 bridgehead atoms. The number of hydrogen-bond donors (Lipinski definition) is 2. The standard InChI is InChI=1S/C14H16N2O2/c1-2-18-14-13(4-3-9-15-14)16-10-11-5-7-12(17)8-6-11/h3-9,16-17H,2,10H2,1H3. The summed E-state index contributed by atoms with van der Waals surface area (Å²) in [6.45, 7) is 3.18. The van der Waals surface area contributed by atoms with Crippen LogP contribution < -0.4 is 10.1 Å². The lowest BCUT2D eigenvalue weighted by atomic mass is 10.2. The Labute approximate surface area is 106 Å². The number of hydrogen-bond acceptors (Lipinski definition) is 4. The Kier molecular flexibility index (Phi) is 4.02. The summed E-state index contributed by atoms with van der Waals surface area (Å²) in [5.41, 5.74) is 1.95. The van der Waals surface area contributed by atoms with Gasteiger partial charge < -0.3 is 15.2 Å². The second-order valence-electron chi connectivity index (χ2n) is 3.81. The van der Waals surface area contributed by atoms with E-state index in [2.05, 4.69) is 10.3 Å². The van der Waals surface area contributed by atoms with Crippen molar-refractivity contribution in [1.29, 1.82) is 0 Å². The van der Waals surface area contributed by atoms with Crippen molar-refractivity contribution in [2.45, 2.75) is 13.5 Å². The number of aromatic hydroxyl groups is 1. The molecule has 1 aromatic carbocycles. The average molecular weight is 244 g/mol. The summed E-state index contributed by atoms with van der Waals surface area (Å²) in [7, 11) is 0. The lowest BCUT2D eigenvalue weighted by Gasteiger charge is -2.10. The van der Waals surface area contributed by atoms with E-state index in [4.69, 9.17) is 4.74 Å². The van der Waals surface area contributed by atoms with Gasteiger partial charge >= 0.3 is 0 Å². The summed E-state index contributed by atoms with van der Waals surface area (Å²) in [6.07, 6.45) is 1.71. The van der Waals surface area contributed by atoms with E-state index in [1.54, 1.807) is 18.3 Å². The first-order chi connectivity index (χ1) is 8.79. The quantitative estimate of drug-likeness (QED) is 0.849. The molecule has 0 atom stereocenters. The topological polar surface area (TPSA) is 54.4 Å². The van der Waals surface area contributed by atoms with E-state index < -0.39 is 0 Å². The monoisotopic (exact) mass is 244 g/mol. The van der Waals surface area contributed by atoms with Crippen LogP contribution in [0.25, 0.3) is 0 Å². The van der Waals surface area contributed by atoms with Crippen molar-refractivity contribution < 1.29 is 9.84 Å². The molecule has 1 aromatic heterocycles. The fourth-order valence-corrected chi connectivity index (χ4v) is 1.59. The normalized spacial score (nSPS) is 10.1. The molecule has 18 heavy (non-hydrogen) atoms. The van der Waals surface area contributed by atoms with E-state index in [9.17, 15) is 5.11 Å². The number of anilines is 1. The maximum Gasteiger partial charge on any atom is 0.237 e. The lowest BCUT2D eigenvalue weighted by molar-refractivity contribution is 0.328. The number of pyridine rings is 1. The van der Waals surface area contributed by atoms with Gasteiger partial charge in [-0.15, -0.1) is 0 Å². The predicted molar refractivity (Wildman–Crippen MR) is 70.8 cm³/mol. The van der Waals surface area contributed by atoms with Crippen molar-refractivity contribution in [3.8, 4) is 11.6 Å². The van der Waals surface area contributed by atoms with Crippen LogP contribution in [0.1, 0.15) is 12.5 Å². The minimum atomic E-state index is 0.273. The molecule has 1 heterocycles. The highest BCUT2D eigenvalue weighted by atomic mass is 16.5. The number of ether oxygens (including phenoxy) is 1. The zero-order valence-corrected chi connectivity index (χ0v) is 10.3. The van der Waals surface area contributed by atoms with Crippen LogP contribution in [0, 0.1) is 0 Å². The van der Waals surface area contributed by atoms with Crippen LogP contribution in [-0.4, -0.2) is 16.7 Å². The molecule has 2 rings (SSSR count). The summed E-state index contributed by atoms with van der Waals surface area (Å²) >= 11 is 0. The molecule has 0 radical (unpaired) electrons. The Morgan fingerprint density at radius 2 is 2.00 bits per heavy atom. The highest BCUT2D eigenvalue weighted by Crippen LogP contribution is 2.21. The second-order valence-corrected chi connectivity index (χ2v) is 3.81. The van der Waals surface area contributed by atoms with Crippen LogP contribution in [0.3, 0.4) is 0 Å². The van der Waals surface area contributed by atoms with Gasteiger partial charge in [-0.25, -0.2) is 4.98 Å². The van der Waals surface area contributed by atoms with Gasteiger partial charge in [0.25, 0.3) is 0 Å². The highest BCUT2D eigenvalue weighted by molar-refractivity contribution is 5.52. The maximum atomic E-state index is 9.21. The Hall–Kier alpha value is -2.23. The Balaban J connectivity index is 2.03. The minimum Gasteiger partial charge on any atom is -0.508 e. The van der Waals surface area contributed by atoms with E-state index in [1.807, 2.05) is 31.2 Å². The van der Waals surface area contributed by atoms with Gasteiger partial charge in [-0.2, -0.15) is 0 Å². The van der Waals surface area contributed by atoms with Gasteiger partial charge in [0.15, 0.2) is 0 Å². The first-order valence-electron chi connectivity index (χ1n) is 5.89. The Morgan fingerprint density at radius 1 is 1.22 bits per heavy atom. The van der Waals surface area contributed by atoms with Crippen molar-refractivity contribution in [1.82, 2.24) is 4.98 Å². The number of nitrogens with zero attached hydrogens (tertiary/aromatic N) is 1. The van der Waals surface area contributed by atoms with E-state index >= 15 is 0 Å². The summed E-state index contributed by atoms with van der Waals surface area (Å²) in [5.74, 6) is 0.883. The van der Waals surface area contributed by atoms with Gasteiger partial charge in [-0.1, -0.05) is 12.1 Å². The van der Waals surface area contributed by atoms with Crippen LogP contribution in [0.4, 0.5) is 5.69 Å². The molecule has 2 aromatic rings. The van der Waals surface area contributed by atoms with Gasteiger partial charge in [0.1, 0.15) is 5.75 Å². The summed E-state index contributed by atoms with van der Waals surface area (Å²) in [5, 5.41) is 12.5. The SMILES string of the molecule is CCOc1ncccc1NCc1ccc(O)cc1. The van der Waals surface area contributed by atoms with Gasteiger partial charge in [0, 0.05) is 12.7 Å². The summed E-state index contributed by atoms with van der Waals surface area (Å²) in [4.78, 5) is 4.17. The van der Waals surface area contributed by atoms with Gasteiger partial charge in [-0.05, 0) is 36.8 Å². The van der Waals surface area contributed by atoms with E-state index in [-0.39, 0.29) is 5.75 Å². The number of phenols is 1. The Bertz CT molecular complexity index is 497. The van der Waals surface area contributed by atoms with Crippen molar-refractivity contribution in [3.05, 3.63) is 48.2 Å². The number of aromatic nitrogens is 1. The van der Waals surface area contributed by atoms with E-state index in [0.717, 1.165) is 11.3 Å². The molecule has 94 valence electrons. The van der Waals surface area contributed by atoms with Crippen molar-refractivity contribution >= 4 is 5.69 Å². The number of phenolic OH excluding ortho intramolecular Hbond substituents is 1. The molecule has 0 fully saturated rings. The van der Waals surface area contributed by atoms with Gasteiger partial charge in [-0.3, -0.25) is 0 Å². The molecular formula is C14H16N2O2. The molecule has 0 aliphatic carbocycles.